The minimum absolute atomic E-state index is 0. The number of carbonyl (C=O) groups is 2. The first-order valence-corrected chi connectivity index (χ1v) is 6.57. The van der Waals surface area contributed by atoms with Gasteiger partial charge in [-0.15, -0.1) is 12.4 Å². The summed E-state index contributed by atoms with van der Waals surface area (Å²) < 4.78 is 4.82. The zero-order valence-electron chi connectivity index (χ0n) is 11.9. The summed E-state index contributed by atoms with van der Waals surface area (Å²) in [5.74, 6) is -0.459. The normalized spacial score (nSPS) is 12.2. The smallest absolute Gasteiger partial charge is 0.251 e. The Morgan fingerprint density at radius 2 is 2.00 bits per heavy atom. The first-order chi connectivity index (χ1) is 9.70. The molecule has 116 valence electrons. The Labute approximate surface area is 130 Å². The van der Waals surface area contributed by atoms with Crippen LogP contribution >= 0.6 is 12.4 Å². The van der Waals surface area contributed by atoms with Crippen molar-refractivity contribution in [2.45, 2.75) is 13.1 Å². The number of rotatable bonds is 6. The number of fused-ring (bicyclic) bond motifs is 1. The molecular weight excluding hydrogens is 294 g/mol. The van der Waals surface area contributed by atoms with Gasteiger partial charge in [0.25, 0.3) is 5.91 Å². The monoisotopic (exact) mass is 313 g/mol. The molecule has 3 N–H and O–H groups in total. The highest BCUT2D eigenvalue weighted by atomic mass is 35.5. The summed E-state index contributed by atoms with van der Waals surface area (Å²) in [6.45, 7) is 2.50. The van der Waals surface area contributed by atoms with Crippen LogP contribution in [0, 0.1) is 0 Å². The van der Waals surface area contributed by atoms with Crippen LogP contribution in [0.15, 0.2) is 18.2 Å². The molecule has 7 heteroatoms. The van der Waals surface area contributed by atoms with Gasteiger partial charge in [0.15, 0.2) is 0 Å². The number of carbonyl (C=O) groups excluding carboxylic acids is 2. The first-order valence-electron chi connectivity index (χ1n) is 6.57. The molecule has 0 radical (unpaired) electrons. The lowest BCUT2D eigenvalue weighted by molar-refractivity contribution is -0.120. The molecule has 0 atom stereocenters. The van der Waals surface area contributed by atoms with Crippen molar-refractivity contribution in [1.29, 1.82) is 0 Å². The van der Waals surface area contributed by atoms with E-state index in [0.717, 1.165) is 18.7 Å². The van der Waals surface area contributed by atoms with Crippen LogP contribution in [-0.2, 0) is 22.6 Å². The van der Waals surface area contributed by atoms with Crippen molar-refractivity contribution in [1.82, 2.24) is 16.0 Å². The average Bonchev–Trinajstić information content (AvgIpc) is 2.92. The van der Waals surface area contributed by atoms with Gasteiger partial charge in [-0.05, 0) is 23.3 Å². The predicted molar refractivity (Wildman–Crippen MR) is 81.5 cm³/mol. The van der Waals surface area contributed by atoms with Crippen LogP contribution in [0.1, 0.15) is 21.5 Å². The maximum absolute atomic E-state index is 11.9. The third-order valence-corrected chi connectivity index (χ3v) is 3.14. The molecule has 0 unspecified atom stereocenters. The fourth-order valence-electron chi connectivity index (χ4n) is 2.05. The Balaban J connectivity index is 0.00000220. The van der Waals surface area contributed by atoms with Gasteiger partial charge in [-0.3, -0.25) is 9.59 Å². The van der Waals surface area contributed by atoms with E-state index in [4.69, 9.17) is 4.74 Å². The van der Waals surface area contributed by atoms with Gasteiger partial charge in [-0.25, -0.2) is 0 Å². The second-order valence-electron chi connectivity index (χ2n) is 4.61. The van der Waals surface area contributed by atoms with Crippen molar-refractivity contribution in [2.24, 2.45) is 0 Å². The third-order valence-electron chi connectivity index (χ3n) is 3.14. The van der Waals surface area contributed by atoms with Crippen molar-refractivity contribution in [3.8, 4) is 0 Å². The van der Waals surface area contributed by atoms with E-state index < -0.39 is 0 Å². The van der Waals surface area contributed by atoms with E-state index in [9.17, 15) is 9.59 Å². The Morgan fingerprint density at radius 1 is 1.24 bits per heavy atom. The van der Waals surface area contributed by atoms with Gasteiger partial charge >= 0.3 is 0 Å². The van der Waals surface area contributed by atoms with Gasteiger partial charge in [0.05, 0.1) is 13.2 Å². The summed E-state index contributed by atoms with van der Waals surface area (Å²) in [4.78, 5) is 23.4. The van der Waals surface area contributed by atoms with E-state index >= 15 is 0 Å². The molecule has 21 heavy (non-hydrogen) atoms. The standard InChI is InChI=1S/C14H19N3O3.ClH/c1-20-5-4-16-13(18)9-17-14(19)10-2-3-11-7-15-8-12(11)6-10;/h2-3,6,15H,4-5,7-9H2,1H3,(H,16,18)(H,17,19);1H. The summed E-state index contributed by atoms with van der Waals surface area (Å²) in [7, 11) is 1.57. The molecule has 1 heterocycles. The number of hydrogen-bond acceptors (Lipinski definition) is 4. The molecule has 1 aliphatic heterocycles. The topological polar surface area (TPSA) is 79.5 Å². The van der Waals surface area contributed by atoms with E-state index in [1.165, 1.54) is 5.56 Å². The Morgan fingerprint density at radius 3 is 2.76 bits per heavy atom. The van der Waals surface area contributed by atoms with Gasteiger partial charge in [0, 0.05) is 32.3 Å². The molecule has 0 saturated heterocycles. The lowest BCUT2D eigenvalue weighted by Crippen LogP contribution is -2.38. The van der Waals surface area contributed by atoms with Gasteiger partial charge in [-0.2, -0.15) is 0 Å². The van der Waals surface area contributed by atoms with Crippen LogP contribution < -0.4 is 16.0 Å². The lowest BCUT2D eigenvalue weighted by Gasteiger charge is -2.07. The maximum atomic E-state index is 11.9. The van der Waals surface area contributed by atoms with Crippen molar-refractivity contribution in [3.05, 3.63) is 34.9 Å². The predicted octanol–water partition coefficient (Wildman–Crippen LogP) is 0.204. The summed E-state index contributed by atoms with van der Waals surface area (Å²) in [6.07, 6.45) is 0. The number of benzene rings is 1. The highest BCUT2D eigenvalue weighted by Gasteiger charge is 2.13. The van der Waals surface area contributed by atoms with Crippen LogP contribution in [0.4, 0.5) is 0 Å². The first kappa shape index (κ1) is 17.4. The van der Waals surface area contributed by atoms with E-state index in [1.54, 1.807) is 13.2 Å². The van der Waals surface area contributed by atoms with Gasteiger partial charge in [-0.1, -0.05) is 6.07 Å². The molecule has 2 amide bonds. The number of amides is 2. The van der Waals surface area contributed by atoms with E-state index in [2.05, 4.69) is 16.0 Å². The van der Waals surface area contributed by atoms with Gasteiger partial charge in [0.1, 0.15) is 0 Å². The molecular formula is C14H20ClN3O3. The van der Waals surface area contributed by atoms with Gasteiger partial charge < -0.3 is 20.7 Å². The number of hydrogen-bond donors (Lipinski definition) is 3. The SMILES string of the molecule is COCCNC(=O)CNC(=O)c1ccc2c(c1)CNC2.Cl. The van der Waals surface area contributed by atoms with Crippen molar-refractivity contribution >= 4 is 24.2 Å². The zero-order valence-corrected chi connectivity index (χ0v) is 12.7. The minimum atomic E-state index is -0.235. The molecule has 0 fully saturated rings. The van der Waals surface area contributed by atoms with Crippen molar-refractivity contribution in [3.63, 3.8) is 0 Å². The van der Waals surface area contributed by atoms with Crippen LogP contribution in [0.3, 0.4) is 0 Å². The van der Waals surface area contributed by atoms with Crippen LogP contribution in [-0.4, -0.2) is 38.6 Å². The average molecular weight is 314 g/mol. The second-order valence-corrected chi connectivity index (χ2v) is 4.61. The fourth-order valence-corrected chi connectivity index (χ4v) is 2.05. The molecule has 0 saturated carbocycles. The van der Waals surface area contributed by atoms with Crippen molar-refractivity contribution < 1.29 is 14.3 Å². The molecule has 0 bridgehead atoms. The second kappa shape index (κ2) is 8.61. The minimum Gasteiger partial charge on any atom is -0.383 e. The highest BCUT2D eigenvalue weighted by Crippen LogP contribution is 2.16. The zero-order chi connectivity index (χ0) is 14.4. The summed E-state index contributed by atoms with van der Waals surface area (Å²) in [6, 6.07) is 5.60. The fraction of sp³-hybridized carbons (Fsp3) is 0.429. The summed E-state index contributed by atoms with van der Waals surface area (Å²) in [5, 5.41) is 8.47. The number of ether oxygens (including phenoxy) is 1. The maximum Gasteiger partial charge on any atom is 0.251 e. The van der Waals surface area contributed by atoms with E-state index in [0.29, 0.717) is 18.7 Å². The number of nitrogens with one attached hydrogen (secondary N) is 3. The summed E-state index contributed by atoms with van der Waals surface area (Å²) in [5.41, 5.74) is 2.94. The number of methoxy groups -OCH3 is 1. The Hall–Kier alpha value is -1.63. The Bertz CT molecular complexity index is 508. The molecule has 1 aliphatic rings. The highest BCUT2D eigenvalue weighted by molar-refractivity contribution is 5.96. The van der Waals surface area contributed by atoms with Crippen LogP contribution in [0.25, 0.3) is 0 Å². The molecule has 0 spiro atoms. The quantitative estimate of drug-likeness (QED) is 0.656. The molecule has 0 aliphatic carbocycles. The van der Waals surface area contributed by atoms with E-state index in [1.807, 2.05) is 12.1 Å². The number of halogens is 1. The molecule has 1 aromatic rings. The van der Waals surface area contributed by atoms with Crippen LogP contribution in [0.5, 0.6) is 0 Å². The largest absolute Gasteiger partial charge is 0.383 e. The third kappa shape index (κ3) is 5.00. The van der Waals surface area contributed by atoms with Gasteiger partial charge in [0.2, 0.25) is 5.91 Å². The Kier molecular flexibility index (Phi) is 7.14. The molecule has 0 aromatic heterocycles. The van der Waals surface area contributed by atoms with E-state index in [-0.39, 0.29) is 30.8 Å². The van der Waals surface area contributed by atoms with Crippen LogP contribution in [0.2, 0.25) is 0 Å². The molecule has 6 nitrogen and oxygen atoms in total. The molecule has 1 aromatic carbocycles. The lowest BCUT2D eigenvalue weighted by atomic mass is 10.1. The summed E-state index contributed by atoms with van der Waals surface area (Å²) >= 11 is 0. The van der Waals surface area contributed by atoms with Crippen molar-refractivity contribution in [2.75, 3.05) is 26.8 Å². The molecule has 2 rings (SSSR count).